The monoisotopic (exact) mass is 342 g/mol. The summed E-state index contributed by atoms with van der Waals surface area (Å²) in [5, 5.41) is 2.36. The molecule has 1 N–H and O–H groups in total. The number of nitrogens with one attached hydrogen (secondary N) is 1. The van der Waals surface area contributed by atoms with Crippen LogP contribution in [0.4, 0.5) is 14.5 Å². The molecule has 2 aromatic rings. The number of ether oxygens (including phenoxy) is 1. The van der Waals surface area contributed by atoms with Crippen LogP contribution in [-0.2, 0) is 0 Å². The molecule has 0 fully saturated rings. The van der Waals surface area contributed by atoms with Crippen LogP contribution in [0.2, 0.25) is 0 Å². The number of benzene rings is 1. The van der Waals surface area contributed by atoms with Crippen molar-refractivity contribution >= 4 is 27.5 Å². The van der Waals surface area contributed by atoms with Crippen LogP contribution in [-0.4, -0.2) is 18.0 Å². The third kappa shape index (κ3) is 2.93. The van der Waals surface area contributed by atoms with Crippen LogP contribution in [0, 0.1) is 11.6 Å². The molecule has 2 rings (SSSR count). The number of anilines is 1. The van der Waals surface area contributed by atoms with Crippen molar-refractivity contribution in [1.29, 1.82) is 0 Å². The molecule has 0 spiro atoms. The van der Waals surface area contributed by atoms with Crippen molar-refractivity contribution in [2.24, 2.45) is 0 Å². The van der Waals surface area contributed by atoms with Gasteiger partial charge in [0.15, 0.2) is 0 Å². The largest absolute Gasteiger partial charge is 0.494 e. The zero-order valence-corrected chi connectivity index (χ0v) is 11.9. The van der Waals surface area contributed by atoms with Gasteiger partial charge in [0.05, 0.1) is 13.3 Å². The summed E-state index contributed by atoms with van der Waals surface area (Å²) in [4.78, 5) is 15.8. The van der Waals surface area contributed by atoms with Crippen LogP contribution < -0.4 is 10.1 Å². The number of amides is 1. The lowest BCUT2D eigenvalue weighted by molar-refractivity contribution is 0.101. The fourth-order valence-corrected chi connectivity index (χ4v) is 2.00. The molecule has 1 aromatic carbocycles. The van der Waals surface area contributed by atoms with Crippen LogP contribution in [0.5, 0.6) is 5.75 Å². The Bertz CT molecular complexity index is 642. The van der Waals surface area contributed by atoms with E-state index in [9.17, 15) is 13.6 Å². The SMILES string of the molecule is COc1ccncc1NC(=O)c1c(F)cc(Br)cc1F. The minimum atomic E-state index is -0.961. The number of rotatable bonds is 3. The fourth-order valence-electron chi connectivity index (χ4n) is 1.60. The van der Waals surface area contributed by atoms with E-state index in [1.54, 1.807) is 0 Å². The first-order chi connectivity index (χ1) is 9.52. The maximum atomic E-state index is 13.7. The Morgan fingerprint density at radius 1 is 1.35 bits per heavy atom. The van der Waals surface area contributed by atoms with E-state index in [1.807, 2.05) is 0 Å². The second kappa shape index (κ2) is 5.96. The number of carbonyl (C=O) groups excluding carboxylic acids is 1. The van der Waals surface area contributed by atoms with E-state index in [0.29, 0.717) is 5.75 Å². The van der Waals surface area contributed by atoms with Crippen molar-refractivity contribution in [1.82, 2.24) is 4.98 Å². The Morgan fingerprint density at radius 3 is 2.60 bits per heavy atom. The summed E-state index contributed by atoms with van der Waals surface area (Å²) in [6, 6.07) is 3.54. The average molecular weight is 343 g/mol. The lowest BCUT2D eigenvalue weighted by atomic mass is 10.2. The molecule has 104 valence electrons. The first-order valence-corrected chi connectivity index (χ1v) is 6.26. The highest BCUT2D eigenvalue weighted by Crippen LogP contribution is 2.24. The number of methoxy groups -OCH3 is 1. The van der Waals surface area contributed by atoms with Gasteiger partial charge < -0.3 is 10.1 Å². The molecule has 0 atom stereocenters. The molecule has 0 bridgehead atoms. The first-order valence-electron chi connectivity index (χ1n) is 5.47. The lowest BCUT2D eigenvalue weighted by Crippen LogP contribution is -2.16. The quantitative estimate of drug-likeness (QED) is 0.930. The summed E-state index contributed by atoms with van der Waals surface area (Å²) in [6.07, 6.45) is 2.79. The van der Waals surface area contributed by atoms with Gasteiger partial charge in [-0.25, -0.2) is 8.78 Å². The molecule has 0 radical (unpaired) electrons. The highest BCUT2D eigenvalue weighted by atomic mass is 79.9. The van der Waals surface area contributed by atoms with Crippen LogP contribution >= 0.6 is 15.9 Å². The minimum Gasteiger partial charge on any atom is -0.494 e. The molecule has 7 heteroatoms. The number of hydrogen-bond donors (Lipinski definition) is 1. The van der Waals surface area contributed by atoms with E-state index in [-0.39, 0.29) is 10.2 Å². The third-order valence-corrected chi connectivity index (χ3v) is 2.94. The molecule has 0 saturated heterocycles. The van der Waals surface area contributed by atoms with Crippen molar-refractivity contribution < 1.29 is 18.3 Å². The zero-order chi connectivity index (χ0) is 14.7. The molecule has 4 nitrogen and oxygen atoms in total. The molecule has 0 aliphatic carbocycles. The van der Waals surface area contributed by atoms with Crippen LogP contribution in [0.1, 0.15) is 10.4 Å². The van der Waals surface area contributed by atoms with Crippen LogP contribution in [0.3, 0.4) is 0 Å². The zero-order valence-electron chi connectivity index (χ0n) is 10.3. The molecule has 0 unspecified atom stereocenters. The summed E-state index contributed by atoms with van der Waals surface area (Å²) >= 11 is 2.94. The topological polar surface area (TPSA) is 51.2 Å². The number of hydrogen-bond acceptors (Lipinski definition) is 3. The maximum absolute atomic E-state index is 13.7. The van der Waals surface area contributed by atoms with Crippen molar-refractivity contribution in [3.05, 3.63) is 52.3 Å². The van der Waals surface area contributed by atoms with Gasteiger partial charge in [0, 0.05) is 16.7 Å². The van der Waals surface area contributed by atoms with Gasteiger partial charge in [-0.05, 0) is 12.1 Å². The van der Waals surface area contributed by atoms with E-state index in [2.05, 4.69) is 26.2 Å². The van der Waals surface area contributed by atoms with E-state index < -0.39 is 23.1 Å². The predicted molar refractivity (Wildman–Crippen MR) is 72.8 cm³/mol. The van der Waals surface area contributed by atoms with Crippen molar-refractivity contribution in [2.45, 2.75) is 0 Å². The molecule has 0 aliphatic rings. The van der Waals surface area contributed by atoms with Gasteiger partial charge in [-0.3, -0.25) is 9.78 Å². The van der Waals surface area contributed by atoms with Crippen molar-refractivity contribution in [3.8, 4) is 5.75 Å². The minimum absolute atomic E-state index is 0.211. The van der Waals surface area contributed by atoms with Gasteiger partial charge >= 0.3 is 0 Å². The number of pyridine rings is 1. The normalized spacial score (nSPS) is 10.2. The molecule has 1 amide bonds. The highest BCUT2D eigenvalue weighted by molar-refractivity contribution is 9.10. The lowest BCUT2D eigenvalue weighted by Gasteiger charge is -2.10. The summed E-state index contributed by atoms with van der Waals surface area (Å²) in [5.74, 6) is -2.50. The van der Waals surface area contributed by atoms with Crippen LogP contribution in [0.25, 0.3) is 0 Å². The summed E-state index contributed by atoms with van der Waals surface area (Å²) < 4.78 is 32.6. The third-order valence-electron chi connectivity index (χ3n) is 2.48. The standard InChI is InChI=1S/C13H9BrF2N2O2/c1-20-11-2-3-17-6-10(11)18-13(19)12-8(15)4-7(14)5-9(12)16/h2-6H,1H3,(H,18,19). The van der Waals surface area contributed by atoms with E-state index in [4.69, 9.17) is 4.74 Å². The average Bonchev–Trinajstić information content (AvgIpc) is 2.38. The number of carbonyl (C=O) groups is 1. The molecule has 0 saturated carbocycles. The fraction of sp³-hybridized carbons (Fsp3) is 0.0769. The van der Waals surface area contributed by atoms with E-state index in [0.717, 1.165) is 12.1 Å². The van der Waals surface area contributed by atoms with Crippen molar-refractivity contribution in [3.63, 3.8) is 0 Å². The molecule has 0 aliphatic heterocycles. The van der Waals surface area contributed by atoms with Gasteiger partial charge in [0.25, 0.3) is 5.91 Å². The van der Waals surface area contributed by atoms with Gasteiger partial charge in [0.2, 0.25) is 0 Å². The van der Waals surface area contributed by atoms with Crippen LogP contribution in [0.15, 0.2) is 35.1 Å². The smallest absolute Gasteiger partial charge is 0.261 e. The maximum Gasteiger partial charge on any atom is 0.261 e. The molecular weight excluding hydrogens is 334 g/mol. The molecule has 1 heterocycles. The second-order valence-corrected chi connectivity index (χ2v) is 4.69. The van der Waals surface area contributed by atoms with Gasteiger partial charge in [-0.15, -0.1) is 0 Å². The predicted octanol–water partition coefficient (Wildman–Crippen LogP) is 3.38. The molecular formula is C13H9BrF2N2O2. The van der Waals surface area contributed by atoms with Gasteiger partial charge in [-0.2, -0.15) is 0 Å². The first kappa shape index (κ1) is 14.4. The Kier molecular flexibility index (Phi) is 4.29. The Hall–Kier alpha value is -2.02. The Balaban J connectivity index is 2.34. The summed E-state index contributed by atoms with van der Waals surface area (Å²) in [5.41, 5.74) is -0.444. The molecule has 20 heavy (non-hydrogen) atoms. The number of nitrogens with zero attached hydrogens (tertiary/aromatic N) is 1. The summed E-state index contributed by atoms with van der Waals surface area (Å²) in [7, 11) is 1.41. The number of aromatic nitrogens is 1. The molecule has 1 aromatic heterocycles. The summed E-state index contributed by atoms with van der Waals surface area (Å²) in [6.45, 7) is 0. The van der Waals surface area contributed by atoms with Crippen molar-refractivity contribution in [2.75, 3.05) is 12.4 Å². The highest BCUT2D eigenvalue weighted by Gasteiger charge is 2.19. The van der Waals surface area contributed by atoms with Gasteiger partial charge in [-0.1, -0.05) is 15.9 Å². The van der Waals surface area contributed by atoms with E-state index >= 15 is 0 Å². The van der Waals surface area contributed by atoms with E-state index in [1.165, 1.54) is 25.6 Å². The second-order valence-electron chi connectivity index (χ2n) is 3.77. The van der Waals surface area contributed by atoms with Gasteiger partial charge in [0.1, 0.15) is 28.6 Å². The Morgan fingerprint density at radius 2 is 2.00 bits per heavy atom. The Labute approximate surface area is 121 Å². The number of halogens is 3.